The van der Waals surface area contributed by atoms with Crippen LogP contribution in [-0.2, 0) is 10.0 Å². The molecule has 0 radical (unpaired) electrons. The molecule has 13 nitrogen and oxygen atoms in total. The van der Waals surface area contributed by atoms with Crippen LogP contribution in [0.3, 0.4) is 0 Å². The molecule has 0 unspecified atom stereocenters. The van der Waals surface area contributed by atoms with Gasteiger partial charge < -0.3 is 19.6 Å². The van der Waals surface area contributed by atoms with E-state index in [4.69, 9.17) is 16.3 Å². The van der Waals surface area contributed by atoms with E-state index in [0.717, 1.165) is 86.3 Å². The molecule has 3 aliphatic carbocycles. The molecule has 3 N–H and O–H groups in total. The van der Waals surface area contributed by atoms with Crippen molar-refractivity contribution in [1.29, 1.82) is 0 Å². The summed E-state index contributed by atoms with van der Waals surface area (Å²) in [6.07, 6.45) is 12.7. The number of hydrogen-bond acceptors (Lipinski definition) is 9. The molecular weight excluding hydrogens is 802 g/mol. The Kier molecular flexibility index (Phi) is 9.68. The number of ether oxygens (including phenoxy) is 1. The maximum atomic E-state index is 14.0. The van der Waals surface area contributed by atoms with Crippen molar-refractivity contribution in [2.45, 2.75) is 62.2 Å². The first-order valence-corrected chi connectivity index (χ1v) is 22.4. The van der Waals surface area contributed by atoms with Crippen LogP contribution in [0.2, 0.25) is 5.02 Å². The molecule has 3 fully saturated rings. The molecular formula is C45H44ClN7O6S. The van der Waals surface area contributed by atoms with Crippen LogP contribution in [0.5, 0.6) is 11.5 Å². The summed E-state index contributed by atoms with van der Waals surface area (Å²) < 4.78 is 36.1. The van der Waals surface area contributed by atoms with Crippen LogP contribution >= 0.6 is 11.6 Å². The summed E-state index contributed by atoms with van der Waals surface area (Å²) >= 11 is 6.28. The average molecular weight is 846 g/mol. The molecule has 1 aliphatic heterocycles. The number of nitrogens with zero attached hydrogens (tertiary/aromatic N) is 4. The Balaban J connectivity index is 0.899. The van der Waals surface area contributed by atoms with Gasteiger partial charge in [0.15, 0.2) is 0 Å². The molecule has 1 amide bonds. The molecule has 0 atom stereocenters. The van der Waals surface area contributed by atoms with Gasteiger partial charge in [0.05, 0.1) is 21.6 Å². The predicted octanol–water partition coefficient (Wildman–Crippen LogP) is 9.32. The van der Waals surface area contributed by atoms with Crippen molar-refractivity contribution < 1.29 is 22.9 Å². The molecule has 3 aromatic heterocycles. The number of non-ortho nitro benzene ring substituents is 1. The van der Waals surface area contributed by atoms with Crippen molar-refractivity contribution >= 4 is 66.4 Å². The van der Waals surface area contributed by atoms with Crippen molar-refractivity contribution in [1.82, 2.24) is 24.6 Å². The number of pyridine rings is 1. The second-order valence-electron chi connectivity index (χ2n) is 16.8. The zero-order valence-corrected chi connectivity index (χ0v) is 34.4. The summed E-state index contributed by atoms with van der Waals surface area (Å²) in [7, 11) is -4.55. The second-order valence-corrected chi connectivity index (χ2v) is 19.0. The quantitative estimate of drug-likeness (QED) is 0.0851. The minimum absolute atomic E-state index is 0.0217. The Hall–Kier alpha value is -5.70. The van der Waals surface area contributed by atoms with Gasteiger partial charge in [-0.2, -0.15) is 0 Å². The monoisotopic (exact) mass is 845 g/mol. The summed E-state index contributed by atoms with van der Waals surface area (Å²) in [6, 6.07) is 21.2. The van der Waals surface area contributed by atoms with Gasteiger partial charge in [0.25, 0.3) is 21.6 Å². The highest BCUT2D eigenvalue weighted by atomic mass is 35.5. The Labute approximate surface area is 352 Å². The number of piperazine rings is 1. The van der Waals surface area contributed by atoms with Gasteiger partial charge in [-0.15, -0.1) is 0 Å². The Morgan fingerprint density at radius 3 is 2.52 bits per heavy atom. The Bertz CT molecular complexity index is 2820. The highest BCUT2D eigenvalue weighted by Crippen LogP contribution is 2.55. The van der Waals surface area contributed by atoms with E-state index >= 15 is 0 Å². The fourth-order valence-electron chi connectivity index (χ4n) is 9.28. The maximum Gasteiger partial charge on any atom is 0.294 e. The zero-order valence-electron chi connectivity index (χ0n) is 32.9. The van der Waals surface area contributed by atoms with E-state index in [2.05, 4.69) is 41.6 Å². The van der Waals surface area contributed by atoms with E-state index in [-0.39, 0.29) is 33.3 Å². The lowest BCUT2D eigenvalue weighted by Gasteiger charge is -2.47. The van der Waals surface area contributed by atoms with Gasteiger partial charge >= 0.3 is 0 Å². The number of carbonyl (C=O) groups is 1. The number of aromatic nitrogens is 3. The van der Waals surface area contributed by atoms with E-state index < -0.39 is 20.9 Å². The van der Waals surface area contributed by atoms with Crippen LogP contribution < -0.4 is 14.4 Å². The third-order valence-corrected chi connectivity index (χ3v) is 14.5. The number of amides is 1. The van der Waals surface area contributed by atoms with Crippen LogP contribution in [0.4, 0.5) is 11.4 Å². The number of nitrogens with one attached hydrogen (secondary N) is 3. The minimum atomic E-state index is -4.55. The normalized spacial score (nSPS) is 18.2. The summed E-state index contributed by atoms with van der Waals surface area (Å²) in [5.41, 5.74) is 6.90. The lowest BCUT2D eigenvalue weighted by molar-refractivity contribution is -0.383. The number of anilines is 1. The van der Waals surface area contributed by atoms with E-state index in [9.17, 15) is 23.3 Å². The van der Waals surface area contributed by atoms with Crippen LogP contribution in [-0.4, -0.2) is 71.8 Å². The van der Waals surface area contributed by atoms with E-state index in [1.807, 2.05) is 18.2 Å². The summed E-state index contributed by atoms with van der Waals surface area (Å²) in [6.45, 7) is 4.08. The number of benzene rings is 3. The van der Waals surface area contributed by atoms with Crippen LogP contribution in [0, 0.1) is 15.5 Å². The summed E-state index contributed by atoms with van der Waals surface area (Å²) in [5.74, 6) is -0.163. The van der Waals surface area contributed by atoms with Crippen molar-refractivity contribution in [2.75, 3.05) is 37.6 Å². The zero-order chi connectivity index (χ0) is 41.2. The molecule has 1 spiro atoms. The molecule has 308 valence electrons. The van der Waals surface area contributed by atoms with Gasteiger partial charge in [-0.1, -0.05) is 35.7 Å². The number of fused-ring (bicyclic) bond motifs is 2. The van der Waals surface area contributed by atoms with Gasteiger partial charge in [0.1, 0.15) is 22.7 Å². The van der Waals surface area contributed by atoms with Gasteiger partial charge in [-0.3, -0.25) is 19.8 Å². The molecule has 60 heavy (non-hydrogen) atoms. The van der Waals surface area contributed by atoms with Crippen LogP contribution in [0.1, 0.15) is 78.9 Å². The lowest BCUT2D eigenvalue weighted by Crippen LogP contribution is -2.47. The van der Waals surface area contributed by atoms with Gasteiger partial charge in [-0.05, 0) is 116 Å². The highest BCUT2D eigenvalue weighted by molar-refractivity contribution is 7.90. The number of aromatic amines is 2. The fourth-order valence-corrected chi connectivity index (χ4v) is 10.4. The Morgan fingerprint density at radius 2 is 1.78 bits per heavy atom. The molecule has 6 aromatic rings. The largest absolute Gasteiger partial charge is 0.455 e. The SMILES string of the molecule is O=C(NS(=O)(=O)c1cc([N+](=O)[O-])c2[nH]c(C3CC3)cc2c1)c1ccc(N2CCN(CC3=C(c4ccc(Cl)cc4)CC4(CCC4)CC3)CC2)cc1Oc1cnc2[nH]ccc2c1. The number of nitro groups is 1. The highest BCUT2D eigenvalue weighted by Gasteiger charge is 2.41. The molecule has 4 aliphatic rings. The van der Waals surface area contributed by atoms with Gasteiger partial charge in [-0.25, -0.2) is 18.1 Å². The fraction of sp³-hybridized carbons (Fsp3) is 0.333. The van der Waals surface area contributed by atoms with Gasteiger partial charge in [0.2, 0.25) is 0 Å². The molecule has 0 bridgehead atoms. The number of halogens is 1. The van der Waals surface area contributed by atoms with Crippen molar-refractivity contribution in [3.63, 3.8) is 0 Å². The average Bonchev–Trinajstić information content (AvgIpc) is 3.81. The third kappa shape index (κ3) is 7.52. The number of allylic oxidation sites excluding steroid dienone is 1. The number of carbonyl (C=O) groups excluding carboxylic acids is 1. The molecule has 4 heterocycles. The summed E-state index contributed by atoms with van der Waals surface area (Å²) in [4.78, 5) is 40.4. The van der Waals surface area contributed by atoms with Crippen molar-refractivity contribution in [3.05, 3.63) is 123 Å². The lowest BCUT2D eigenvalue weighted by atomic mass is 9.59. The second kappa shape index (κ2) is 15.1. The number of rotatable bonds is 11. The smallest absolute Gasteiger partial charge is 0.294 e. The maximum absolute atomic E-state index is 14.0. The standard InChI is InChI=1S/C45H44ClN7O6S/c46-33-6-4-28(5-7-33)38-25-45(12-1-13-45)14-10-31(38)27-51-16-18-52(19-17-51)34-8-9-37(41(23-34)59-35-20-30-11-15-47-43(30)48-26-35)44(54)50-60(57,58)36-21-32-22-39(29-2-3-29)49-42(32)40(24-36)53(55)56/h4-9,11,15,20-24,26,29,49H,1-3,10,12-14,16-19,25,27H2,(H,47,48)(H,50,54). The van der Waals surface area contributed by atoms with E-state index in [1.54, 1.807) is 36.5 Å². The first-order chi connectivity index (χ1) is 29.0. The van der Waals surface area contributed by atoms with Gasteiger partial charge in [0, 0.05) is 78.2 Å². The molecule has 15 heteroatoms. The molecule has 1 saturated heterocycles. The summed E-state index contributed by atoms with van der Waals surface area (Å²) in [5, 5.41) is 14.0. The Morgan fingerprint density at radius 1 is 0.983 bits per heavy atom. The first-order valence-electron chi connectivity index (χ1n) is 20.6. The van der Waals surface area contributed by atoms with Crippen LogP contribution in [0.15, 0.2) is 95.7 Å². The molecule has 10 rings (SSSR count). The topological polar surface area (TPSA) is 167 Å². The third-order valence-electron chi connectivity index (χ3n) is 13.0. The van der Waals surface area contributed by atoms with E-state index in [0.29, 0.717) is 22.2 Å². The number of sulfonamides is 1. The minimum Gasteiger partial charge on any atom is -0.455 e. The molecule has 2 saturated carbocycles. The first kappa shape index (κ1) is 38.5. The number of nitro benzene ring substituents is 1. The predicted molar refractivity (Wildman–Crippen MR) is 231 cm³/mol. The number of hydrogen-bond donors (Lipinski definition) is 3. The molecule has 3 aromatic carbocycles. The van der Waals surface area contributed by atoms with E-state index in [1.165, 1.54) is 54.7 Å². The number of H-pyrrole nitrogens is 2. The van der Waals surface area contributed by atoms with Crippen molar-refractivity contribution in [2.24, 2.45) is 5.41 Å². The van der Waals surface area contributed by atoms with Crippen LogP contribution in [0.25, 0.3) is 27.5 Å². The van der Waals surface area contributed by atoms with Crippen molar-refractivity contribution in [3.8, 4) is 11.5 Å².